The summed E-state index contributed by atoms with van der Waals surface area (Å²) in [4.78, 5) is 17.1. The van der Waals surface area contributed by atoms with Crippen molar-refractivity contribution in [2.75, 3.05) is 11.9 Å². The number of hydrogen-bond acceptors (Lipinski definition) is 3. The van der Waals surface area contributed by atoms with Gasteiger partial charge in [-0.1, -0.05) is 60.9 Å². The molecule has 0 heterocycles. The van der Waals surface area contributed by atoms with Crippen molar-refractivity contribution in [3.8, 4) is 0 Å². The van der Waals surface area contributed by atoms with E-state index in [1.54, 1.807) is 12.1 Å². The predicted molar refractivity (Wildman–Crippen MR) is 98.9 cm³/mol. The second-order valence-corrected chi connectivity index (χ2v) is 6.24. The molecule has 0 aliphatic carbocycles. The third-order valence-corrected chi connectivity index (χ3v) is 3.79. The number of halogens is 1. The minimum Gasteiger partial charge on any atom is -0.386 e. The standard InChI is InChI=1S/C19H21ClN2O2/c1-13(2)17-6-4-5-14(3)19(17)22-18(23)12-24-21-11-15-7-9-16(20)10-8-15/h4-11,13H,12H2,1-3H3,(H,22,23)/b21-11-. The highest BCUT2D eigenvalue weighted by molar-refractivity contribution is 6.30. The first-order valence-corrected chi connectivity index (χ1v) is 8.15. The summed E-state index contributed by atoms with van der Waals surface area (Å²) in [5.41, 5.74) is 3.83. The van der Waals surface area contributed by atoms with E-state index in [1.165, 1.54) is 6.21 Å². The van der Waals surface area contributed by atoms with Crippen LogP contribution in [0.5, 0.6) is 0 Å². The van der Waals surface area contributed by atoms with Crippen LogP contribution in [-0.2, 0) is 9.63 Å². The number of oxime groups is 1. The van der Waals surface area contributed by atoms with E-state index in [4.69, 9.17) is 16.4 Å². The summed E-state index contributed by atoms with van der Waals surface area (Å²) in [7, 11) is 0. The Labute approximate surface area is 147 Å². The topological polar surface area (TPSA) is 50.7 Å². The largest absolute Gasteiger partial charge is 0.386 e. The molecule has 0 spiro atoms. The van der Waals surface area contributed by atoms with E-state index in [0.29, 0.717) is 10.9 Å². The first-order valence-electron chi connectivity index (χ1n) is 7.77. The molecule has 0 saturated heterocycles. The zero-order valence-corrected chi connectivity index (χ0v) is 14.8. The first kappa shape index (κ1) is 18.0. The number of benzene rings is 2. The van der Waals surface area contributed by atoms with Crippen LogP contribution < -0.4 is 5.32 Å². The van der Waals surface area contributed by atoms with E-state index in [-0.39, 0.29) is 12.5 Å². The van der Waals surface area contributed by atoms with Gasteiger partial charge in [0.1, 0.15) is 0 Å². The maximum absolute atomic E-state index is 12.1. The smallest absolute Gasteiger partial charge is 0.265 e. The predicted octanol–water partition coefficient (Wildman–Crippen LogP) is 4.76. The molecule has 2 aromatic rings. The Morgan fingerprint density at radius 1 is 1.25 bits per heavy atom. The molecule has 5 heteroatoms. The molecule has 0 unspecified atom stereocenters. The second-order valence-electron chi connectivity index (χ2n) is 5.80. The lowest BCUT2D eigenvalue weighted by Gasteiger charge is -2.16. The lowest BCUT2D eigenvalue weighted by molar-refractivity contribution is -0.120. The third-order valence-electron chi connectivity index (χ3n) is 3.53. The maximum Gasteiger partial charge on any atom is 0.265 e. The van der Waals surface area contributed by atoms with Gasteiger partial charge >= 0.3 is 0 Å². The van der Waals surface area contributed by atoms with Crippen LogP contribution >= 0.6 is 11.6 Å². The second kappa shape index (κ2) is 8.50. The number of anilines is 1. The van der Waals surface area contributed by atoms with E-state index in [0.717, 1.165) is 22.4 Å². The number of para-hydroxylation sites is 1. The fraction of sp³-hybridized carbons (Fsp3) is 0.263. The van der Waals surface area contributed by atoms with Gasteiger partial charge in [0.2, 0.25) is 0 Å². The first-order chi connectivity index (χ1) is 11.5. The summed E-state index contributed by atoms with van der Waals surface area (Å²) < 4.78 is 0. The molecule has 0 fully saturated rings. The Bertz CT molecular complexity index is 725. The van der Waals surface area contributed by atoms with Gasteiger partial charge in [-0.2, -0.15) is 0 Å². The molecule has 0 aliphatic heterocycles. The number of aryl methyl sites for hydroxylation is 1. The van der Waals surface area contributed by atoms with Gasteiger partial charge in [-0.15, -0.1) is 0 Å². The van der Waals surface area contributed by atoms with E-state index < -0.39 is 0 Å². The molecule has 24 heavy (non-hydrogen) atoms. The van der Waals surface area contributed by atoms with Crippen molar-refractivity contribution in [3.05, 3.63) is 64.2 Å². The fourth-order valence-electron chi connectivity index (χ4n) is 2.26. The van der Waals surface area contributed by atoms with Crippen LogP contribution in [0.15, 0.2) is 47.6 Å². The molecule has 0 aromatic heterocycles. The Hall–Kier alpha value is -2.33. The number of amides is 1. The molecule has 0 bridgehead atoms. The highest BCUT2D eigenvalue weighted by Gasteiger charge is 2.12. The summed E-state index contributed by atoms with van der Waals surface area (Å²) in [5.74, 6) is 0.0866. The summed E-state index contributed by atoms with van der Waals surface area (Å²) in [6.07, 6.45) is 1.54. The highest BCUT2D eigenvalue weighted by atomic mass is 35.5. The van der Waals surface area contributed by atoms with Gasteiger partial charge in [-0.3, -0.25) is 4.79 Å². The van der Waals surface area contributed by atoms with Crippen LogP contribution in [-0.4, -0.2) is 18.7 Å². The van der Waals surface area contributed by atoms with Crippen LogP contribution in [0.3, 0.4) is 0 Å². The molecule has 0 aliphatic rings. The monoisotopic (exact) mass is 344 g/mol. The molecule has 2 aromatic carbocycles. The lowest BCUT2D eigenvalue weighted by Crippen LogP contribution is -2.19. The zero-order chi connectivity index (χ0) is 17.5. The van der Waals surface area contributed by atoms with Crippen LogP contribution in [0.1, 0.15) is 36.5 Å². The molecule has 0 atom stereocenters. The quantitative estimate of drug-likeness (QED) is 0.606. The van der Waals surface area contributed by atoms with Crippen LogP contribution in [0, 0.1) is 6.92 Å². The van der Waals surface area contributed by atoms with Crippen molar-refractivity contribution < 1.29 is 9.63 Å². The molecule has 2 rings (SSSR count). The van der Waals surface area contributed by atoms with Crippen molar-refractivity contribution in [1.29, 1.82) is 0 Å². The van der Waals surface area contributed by atoms with E-state index >= 15 is 0 Å². The average molecular weight is 345 g/mol. The van der Waals surface area contributed by atoms with Gasteiger partial charge in [0.15, 0.2) is 6.61 Å². The third kappa shape index (κ3) is 5.10. The van der Waals surface area contributed by atoms with E-state index in [2.05, 4.69) is 24.3 Å². The number of rotatable bonds is 6. The molecule has 126 valence electrons. The van der Waals surface area contributed by atoms with Crippen LogP contribution in [0.25, 0.3) is 0 Å². The number of nitrogens with zero attached hydrogens (tertiary/aromatic N) is 1. The molecule has 0 saturated carbocycles. The minimum absolute atomic E-state index is 0.143. The van der Waals surface area contributed by atoms with E-state index in [9.17, 15) is 4.79 Å². The van der Waals surface area contributed by atoms with Crippen LogP contribution in [0.4, 0.5) is 5.69 Å². The van der Waals surface area contributed by atoms with E-state index in [1.807, 2.05) is 37.3 Å². The molecule has 1 N–H and O–H groups in total. The summed E-state index contributed by atoms with van der Waals surface area (Å²) in [5, 5.41) is 7.37. The molecule has 4 nitrogen and oxygen atoms in total. The summed E-state index contributed by atoms with van der Waals surface area (Å²) in [6.45, 7) is 6.02. The Kier molecular flexibility index (Phi) is 6.38. The Morgan fingerprint density at radius 3 is 2.62 bits per heavy atom. The van der Waals surface area contributed by atoms with Crippen molar-refractivity contribution in [3.63, 3.8) is 0 Å². The van der Waals surface area contributed by atoms with Gasteiger partial charge in [0.05, 0.1) is 6.21 Å². The number of nitrogens with one attached hydrogen (secondary N) is 1. The number of carbonyl (C=O) groups is 1. The highest BCUT2D eigenvalue weighted by Crippen LogP contribution is 2.27. The van der Waals surface area contributed by atoms with Gasteiger partial charge in [0, 0.05) is 10.7 Å². The molecule has 1 amide bonds. The molecular weight excluding hydrogens is 324 g/mol. The average Bonchev–Trinajstić information content (AvgIpc) is 2.55. The van der Waals surface area contributed by atoms with Gasteiger partial charge in [0.25, 0.3) is 5.91 Å². The zero-order valence-electron chi connectivity index (χ0n) is 14.0. The summed E-state index contributed by atoms with van der Waals surface area (Å²) >= 11 is 5.81. The minimum atomic E-state index is -0.237. The number of hydrogen-bond donors (Lipinski definition) is 1. The van der Waals surface area contributed by atoms with Gasteiger partial charge < -0.3 is 10.2 Å². The Balaban J connectivity index is 1.91. The fourth-order valence-corrected chi connectivity index (χ4v) is 2.39. The van der Waals surface area contributed by atoms with Crippen molar-refractivity contribution >= 4 is 29.4 Å². The summed E-state index contributed by atoms with van der Waals surface area (Å²) in [6, 6.07) is 13.2. The lowest BCUT2D eigenvalue weighted by atomic mass is 9.98. The normalized spacial score (nSPS) is 11.0. The van der Waals surface area contributed by atoms with Crippen molar-refractivity contribution in [2.45, 2.75) is 26.7 Å². The van der Waals surface area contributed by atoms with Crippen molar-refractivity contribution in [2.24, 2.45) is 5.16 Å². The van der Waals surface area contributed by atoms with Gasteiger partial charge in [-0.05, 0) is 41.7 Å². The van der Waals surface area contributed by atoms with Crippen LogP contribution in [0.2, 0.25) is 5.02 Å². The van der Waals surface area contributed by atoms with Crippen molar-refractivity contribution in [1.82, 2.24) is 0 Å². The molecule has 0 radical (unpaired) electrons. The molecular formula is C19H21ClN2O2. The van der Waals surface area contributed by atoms with Gasteiger partial charge in [-0.25, -0.2) is 0 Å². The Morgan fingerprint density at radius 2 is 1.96 bits per heavy atom. The SMILES string of the molecule is Cc1cccc(C(C)C)c1NC(=O)CO/N=C\c1ccc(Cl)cc1. The number of carbonyl (C=O) groups excluding carboxylic acids is 1. The maximum atomic E-state index is 12.1.